The molecule has 0 bridgehead atoms. The van der Waals surface area contributed by atoms with E-state index >= 15 is 0 Å². The van der Waals surface area contributed by atoms with Crippen molar-refractivity contribution >= 4 is 15.7 Å². The van der Waals surface area contributed by atoms with Crippen LogP contribution in [-0.4, -0.2) is 43.2 Å². The second-order valence-corrected chi connectivity index (χ2v) is 9.03. The fourth-order valence-electron chi connectivity index (χ4n) is 3.26. The SMILES string of the molecule is CCCS(=O)(=O)c1ccc(-c2cc(C(=O)N3CCCC(C)C3)no2)cc1. The maximum absolute atomic E-state index is 12.6. The highest BCUT2D eigenvalue weighted by Crippen LogP contribution is 2.24. The lowest BCUT2D eigenvalue weighted by atomic mass is 10.00. The lowest BCUT2D eigenvalue weighted by Gasteiger charge is -2.30. The summed E-state index contributed by atoms with van der Waals surface area (Å²) in [6.45, 7) is 5.46. The van der Waals surface area contributed by atoms with E-state index in [0.29, 0.717) is 28.6 Å². The molecular formula is C19H24N2O4S. The summed E-state index contributed by atoms with van der Waals surface area (Å²) in [6, 6.07) is 8.12. The number of hydrogen-bond donors (Lipinski definition) is 0. The summed E-state index contributed by atoms with van der Waals surface area (Å²) < 4.78 is 29.5. The highest BCUT2D eigenvalue weighted by Gasteiger charge is 2.25. The average Bonchev–Trinajstić information content (AvgIpc) is 3.11. The molecule has 6 nitrogen and oxygen atoms in total. The van der Waals surface area contributed by atoms with Crippen molar-refractivity contribution in [3.63, 3.8) is 0 Å². The zero-order valence-corrected chi connectivity index (χ0v) is 16.0. The number of nitrogens with zero attached hydrogens (tertiary/aromatic N) is 2. The summed E-state index contributed by atoms with van der Waals surface area (Å²) in [5.74, 6) is 0.963. The van der Waals surface area contributed by atoms with Crippen LogP contribution >= 0.6 is 0 Å². The normalized spacial score (nSPS) is 18.1. The number of hydrogen-bond acceptors (Lipinski definition) is 5. The first-order valence-corrected chi connectivity index (χ1v) is 10.6. The van der Waals surface area contributed by atoms with Crippen molar-refractivity contribution in [1.29, 1.82) is 0 Å². The van der Waals surface area contributed by atoms with Crippen LogP contribution in [0.2, 0.25) is 0 Å². The van der Waals surface area contributed by atoms with Crippen LogP contribution in [0.3, 0.4) is 0 Å². The Morgan fingerprint density at radius 3 is 2.69 bits per heavy atom. The molecule has 0 spiro atoms. The van der Waals surface area contributed by atoms with Crippen LogP contribution in [0.25, 0.3) is 11.3 Å². The fourth-order valence-corrected chi connectivity index (χ4v) is 4.58. The fraction of sp³-hybridized carbons (Fsp3) is 0.474. The highest BCUT2D eigenvalue weighted by molar-refractivity contribution is 7.91. The van der Waals surface area contributed by atoms with Gasteiger partial charge in [0.15, 0.2) is 21.3 Å². The number of amides is 1. The van der Waals surface area contributed by atoms with Gasteiger partial charge in [0.05, 0.1) is 10.6 Å². The van der Waals surface area contributed by atoms with E-state index in [4.69, 9.17) is 4.52 Å². The Labute approximate surface area is 154 Å². The number of sulfone groups is 1. The van der Waals surface area contributed by atoms with E-state index in [1.165, 1.54) is 0 Å². The molecule has 2 aromatic rings. The summed E-state index contributed by atoms with van der Waals surface area (Å²) in [5, 5.41) is 3.91. The van der Waals surface area contributed by atoms with Gasteiger partial charge < -0.3 is 9.42 Å². The van der Waals surface area contributed by atoms with Crippen LogP contribution in [-0.2, 0) is 9.84 Å². The van der Waals surface area contributed by atoms with E-state index in [1.807, 2.05) is 11.8 Å². The van der Waals surface area contributed by atoms with Crippen molar-refractivity contribution in [3.05, 3.63) is 36.0 Å². The van der Waals surface area contributed by atoms with Crippen LogP contribution in [0.5, 0.6) is 0 Å². The van der Waals surface area contributed by atoms with Gasteiger partial charge in [-0.15, -0.1) is 0 Å². The number of benzene rings is 1. The average molecular weight is 376 g/mol. The van der Waals surface area contributed by atoms with Crippen LogP contribution < -0.4 is 0 Å². The zero-order valence-electron chi connectivity index (χ0n) is 15.1. The summed E-state index contributed by atoms with van der Waals surface area (Å²) >= 11 is 0. The molecule has 1 fully saturated rings. The second-order valence-electron chi connectivity index (χ2n) is 6.92. The lowest BCUT2D eigenvalue weighted by molar-refractivity contribution is 0.0672. The molecule has 1 amide bonds. The summed E-state index contributed by atoms with van der Waals surface area (Å²) in [5.41, 5.74) is 0.982. The smallest absolute Gasteiger partial charge is 0.276 e. The van der Waals surface area contributed by atoms with Gasteiger partial charge in [-0.25, -0.2) is 8.42 Å². The van der Waals surface area contributed by atoms with Crippen molar-refractivity contribution in [2.75, 3.05) is 18.8 Å². The number of carbonyl (C=O) groups excluding carboxylic acids is 1. The number of rotatable bonds is 5. The van der Waals surface area contributed by atoms with E-state index in [-0.39, 0.29) is 17.4 Å². The van der Waals surface area contributed by atoms with Crippen LogP contribution in [0, 0.1) is 5.92 Å². The summed E-state index contributed by atoms with van der Waals surface area (Å²) in [4.78, 5) is 14.7. The van der Waals surface area contributed by atoms with E-state index in [0.717, 1.165) is 25.9 Å². The van der Waals surface area contributed by atoms with Gasteiger partial charge in [-0.3, -0.25) is 4.79 Å². The first kappa shape index (κ1) is 18.6. The third kappa shape index (κ3) is 3.98. The number of carbonyl (C=O) groups is 1. The van der Waals surface area contributed by atoms with Gasteiger partial charge >= 0.3 is 0 Å². The number of piperidine rings is 1. The topological polar surface area (TPSA) is 80.5 Å². The molecular weight excluding hydrogens is 352 g/mol. The molecule has 0 saturated carbocycles. The Balaban J connectivity index is 1.76. The predicted molar refractivity (Wildman–Crippen MR) is 98.6 cm³/mol. The van der Waals surface area contributed by atoms with Gasteiger partial charge in [-0.2, -0.15) is 0 Å². The van der Waals surface area contributed by atoms with E-state index < -0.39 is 9.84 Å². The van der Waals surface area contributed by atoms with Gasteiger partial charge in [-0.05, 0) is 49.4 Å². The molecule has 1 aromatic carbocycles. The Morgan fingerprint density at radius 1 is 1.31 bits per heavy atom. The van der Waals surface area contributed by atoms with Gasteiger partial charge in [0.2, 0.25) is 0 Å². The number of likely N-dealkylation sites (tertiary alicyclic amines) is 1. The summed E-state index contributed by atoms with van der Waals surface area (Å²) in [7, 11) is -3.24. The van der Waals surface area contributed by atoms with E-state index in [9.17, 15) is 13.2 Å². The minimum absolute atomic E-state index is 0.117. The number of aromatic nitrogens is 1. The molecule has 1 atom stereocenters. The monoisotopic (exact) mass is 376 g/mol. The third-order valence-electron chi connectivity index (χ3n) is 4.64. The maximum atomic E-state index is 12.6. The molecule has 2 heterocycles. The molecule has 0 aliphatic carbocycles. The molecule has 1 aliphatic heterocycles. The van der Waals surface area contributed by atoms with Crippen molar-refractivity contribution in [2.24, 2.45) is 5.92 Å². The van der Waals surface area contributed by atoms with Crippen molar-refractivity contribution < 1.29 is 17.7 Å². The molecule has 26 heavy (non-hydrogen) atoms. The largest absolute Gasteiger partial charge is 0.355 e. The van der Waals surface area contributed by atoms with Gasteiger partial charge in [0.1, 0.15) is 0 Å². The van der Waals surface area contributed by atoms with Gasteiger partial charge in [0, 0.05) is 24.7 Å². The van der Waals surface area contributed by atoms with Crippen molar-refractivity contribution in [2.45, 2.75) is 38.0 Å². The van der Waals surface area contributed by atoms with Crippen molar-refractivity contribution in [3.8, 4) is 11.3 Å². The standard InChI is InChI=1S/C19H24N2O4S/c1-3-11-26(23,24)16-8-6-15(7-9-16)18-12-17(20-25-18)19(22)21-10-4-5-14(2)13-21/h6-9,12,14H,3-5,10-11,13H2,1-2H3. The Hall–Kier alpha value is -2.15. The highest BCUT2D eigenvalue weighted by atomic mass is 32.2. The molecule has 0 radical (unpaired) electrons. The summed E-state index contributed by atoms with van der Waals surface area (Å²) in [6.07, 6.45) is 2.72. The molecule has 140 valence electrons. The Kier molecular flexibility index (Phi) is 5.46. The van der Waals surface area contributed by atoms with Gasteiger partial charge in [-0.1, -0.05) is 19.0 Å². The van der Waals surface area contributed by atoms with E-state index in [2.05, 4.69) is 12.1 Å². The predicted octanol–water partition coefficient (Wildman–Crippen LogP) is 3.40. The molecule has 0 N–H and O–H groups in total. The zero-order chi connectivity index (χ0) is 18.7. The maximum Gasteiger partial charge on any atom is 0.276 e. The second kappa shape index (κ2) is 7.61. The molecule has 1 unspecified atom stereocenters. The Bertz CT molecular complexity index is 871. The van der Waals surface area contributed by atoms with Crippen LogP contribution in [0.1, 0.15) is 43.6 Å². The molecule has 3 rings (SSSR count). The minimum atomic E-state index is -3.24. The lowest BCUT2D eigenvalue weighted by Crippen LogP contribution is -2.39. The minimum Gasteiger partial charge on any atom is -0.355 e. The molecule has 1 aliphatic rings. The molecule has 1 aromatic heterocycles. The third-order valence-corrected chi connectivity index (χ3v) is 6.58. The quantitative estimate of drug-likeness (QED) is 0.799. The molecule has 7 heteroatoms. The van der Waals surface area contributed by atoms with Gasteiger partial charge in [0.25, 0.3) is 5.91 Å². The first-order chi connectivity index (χ1) is 12.4. The molecule has 1 saturated heterocycles. The first-order valence-electron chi connectivity index (χ1n) is 9.00. The van der Waals surface area contributed by atoms with Crippen LogP contribution in [0.15, 0.2) is 39.8 Å². The van der Waals surface area contributed by atoms with E-state index in [1.54, 1.807) is 30.3 Å². The Morgan fingerprint density at radius 2 is 2.04 bits per heavy atom. The van der Waals surface area contributed by atoms with Crippen molar-refractivity contribution in [1.82, 2.24) is 10.1 Å². The van der Waals surface area contributed by atoms with Crippen LogP contribution in [0.4, 0.5) is 0 Å².